The number of benzene rings is 2. The number of H-pyrrole nitrogens is 1. The number of rotatable bonds is 4. The Kier molecular flexibility index (Phi) is 4.03. The number of para-hydroxylation sites is 1. The van der Waals surface area contributed by atoms with E-state index in [0.29, 0.717) is 22.5 Å². The molecule has 0 aliphatic carbocycles. The van der Waals surface area contributed by atoms with E-state index < -0.39 is 6.43 Å². The maximum atomic E-state index is 13.5. The Hall–Kier alpha value is -3.02. The molecule has 2 aromatic carbocycles. The van der Waals surface area contributed by atoms with E-state index in [0.717, 1.165) is 16.5 Å². The minimum Gasteiger partial charge on any atom is -0.363 e. The summed E-state index contributed by atoms with van der Waals surface area (Å²) in [5, 5.41) is 4.81. The third kappa shape index (κ3) is 2.87. The van der Waals surface area contributed by atoms with Gasteiger partial charge < -0.3 is 10.3 Å². The molecule has 0 spiro atoms. The van der Waals surface area contributed by atoms with Crippen LogP contribution in [0.5, 0.6) is 0 Å². The van der Waals surface area contributed by atoms with Gasteiger partial charge in [0, 0.05) is 28.0 Å². The van der Waals surface area contributed by atoms with E-state index in [9.17, 15) is 8.78 Å². The van der Waals surface area contributed by atoms with Gasteiger partial charge in [-0.3, -0.25) is 0 Å². The predicted octanol–water partition coefficient (Wildman–Crippen LogP) is 5.53. The molecule has 1 atom stereocenters. The molecule has 6 heteroatoms. The van der Waals surface area contributed by atoms with Gasteiger partial charge in [-0.15, -0.1) is 0 Å². The summed E-state index contributed by atoms with van der Waals surface area (Å²) in [7, 11) is 0. The van der Waals surface area contributed by atoms with Gasteiger partial charge in [0.05, 0.1) is 11.6 Å². The van der Waals surface area contributed by atoms with Crippen molar-refractivity contribution in [1.29, 1.82) is 0 Å². The van der Waals surface area contributed by atoms with Crippen LogP contribution in [0.25, 0.3) is 21.8 Å². The average molecular weight is 352 g/mol. The molecule has 0 saturated carbocycles. The SMILES string of the molecule is Cc1nc(NC(C)c2cc(C(F)F)c3cc[nH]c3c2)c2ccccc2n1. The summed E-state index contributed by atoms with van der Waals surface area (Å²) >= 11 is 0. The lowest BCUT2D eigenvalue weighted by atomic mass is 10.0. The van der Waals surface area contributed by atoms with Crippen molar-refractivity contribution in [3.8, 4) is 0 Å². The van der Waals surface area contributed by atoms with E-state index in [-0.39, 0.29) is 11.6 Å². The average Bonchev–Trinajstić information content (AvgIpc) is 3.09. The fraction of sp³-hybridized carbons (Fsp3) is 0.200. The third-order valence-corrected chi connectivity index (χ3v) is 4.53. The highest BCUT2D eigenvalue weighted by atomic mass is 19.3. The molecule has 4 nitrogen and oxygen atoms in total. The number of halogens is 2. The van der Waals surface area contributed by atoms with Crippen LogP contribution in [0.3, 0.4) is 0 Å². The fourth-order valence-corrected chi connectivity index (χ4v) is 3.24. The first kappa shape index (κ1) is 16.4. The molecule has 0 bridgehead atoms. The topological polar surface area (TPSA) is 53.6 Å². The lowest BCUT2D eigenvalue weighted by molar-refractivity contribution is 0.153. The molecule has 2 aromatic heterocycles. The Bertz CT molecular complexity index is 1090. The van der Waals surface area contributed by atoms with E-state index in [1.165, 1.54) is 0 Å². The van der Waals surface area contributed by atoms with Crippen LogP contribution in [0.4, 0.5) is 14.6 Å². The first-order chi connectivity index (χ1) is 12.5. The zero-order valence-electron chi connectivity index (χ0n) is 14.4. The highest BCUT2D eigenvalue weighted by molar-refractivity contribution is 5.89. The van der Waals surface area contributed by atoms with Gasteiger partial charge in [0.2, 0.25) is 0 Å². The van der Waals surface area contributed by atoms with Gasteiger partial charge in [-0.05, 0) is 49.7 Å². The molecular weight excluding hydrogens is 334 g/mol. The van der Waals surface area contributed by atoms with Crippen molar-refractivity contribution in [2.45, 2.75) is 26.3 Å². The summed E-state index contributed by atoms with van der Waals surface area (Å²) in [4.78, 5) is 12.0. The first-order valence-corrected chi connectivity index (χ1v) is 8.42. The van der Waals surface area contributed by atoms with Crippen molar-refractivity contribution in [2.75, 3.05) is 5.32 Å². The lowest BCUT2D eigenvalue weighted by Gasteiger charge is -2.18. The fourth-order valence-electron chi connectivity index (χ4n) is 3.24. The van der Waals surface area contributed by atoms with Crippen molar-refractivity contribution < 1.29 is 8.78 Å². The highest BCUT2D eigenvalue weighted by Gasteiger charge is 2.17. The number of nitrogens with one attached hydrogen (secondary N) is 2. The Morgan fingerprint density at radius 2 is 1.85 bits per heavy atom. The van der Waals surface area contributed by atoms with Crippen LogP contribution in [-0.4, -0.2) is 15.0 Å². The number of fused-ring (bicyclic) bond motifs is 2. The van der Waals surface area contributed by atoms with Gasteiger partial charge in [-0.25, -0.2) is 18.7 Å². The molecule has 0 saturated heterocycles. The van der Waals surface area contributed by atoms with Gasteiger partial charge in [0.1, 0.15) is 11.6 Å². The number of aromatic nitrogens is 3. The van der Waals surface area contributed by atoms with Crippen LogP contribution in [-0.2, 0) is 0 Å². The smallest absolute Gasteiger partial charge is 0.264 e. The summed E-state index contributed by atoms with van der Waals surface area (Å²) in [6, 6.07) is 12.7. The summed E-state index contributed by atoms with van der Waals surface area (Å²) in [5.41, 5.74) is 2.37. The van der Waals surface area contributed by atoms with Crippen LogP contribution in [0.1, 0.15) is 36.3 Å². The second-order valence-corrected chi connectivity index (χ2v) is 6.35. The minimum atomic E-state index is -2.53. The standard InChI is InChI=1S/C20H18F2N4/c1-11(13-9-16(19(21)22)14-7-8-23-18(14)10-13)24-20-15-5-3-4-6-17(15)25-12(2)26-20/h3-11,19,23H,1-2H3,(H,24,25,26). The number of hydrogen-bond acceptors (Lipinski definition) is 3. The van der Waals surface area contributed by atoms with Crippen molar-refractivity contribution in [3.63, 3.8) is 0 Å². The van der Waals surface area contributed by atoms with E-state index in [4.69, 9.17) is 0 Å². The van der Waals surface area contributed by atoms with Gasteiger partial charge >= 0.3 is 0 Å². The molecule has 0 aliphatic rings. The van der Waals surface area contributed by atoms with Crippen LogP contribution in [0.2, 0.25) is 0 Å². The van der Waals surface area contributed by atoms with Crippen LogP contribution < -0.4 is 5.32 Å². The van der Waals surface area contributed by atoms with Crippen LogP contribution in [0.15, 0.2) is 48.7 Å². The molecule has 1 unspecified atom stereocenters. The summed E-state index contributed by atoms with van der Waals surface area (Å²) in [6.45, 7) is 3.77. The van der Waals surface area contributed by atoms with Gasteiger partial charge in [-0.1, -0.05) is 12.1 Å². The molecule has 2 heterocycles. The Morgan fingerprint density at radius 1 is 1.04 bits per heavy atom. The van der Waals surface area contributed by atoms with Crippen LogP contribution >= 0.6 is 0 Å². The maximum Gasteiger partial charge on any atom is 0.264 e. The zero-order valence-corrected chi connectivity index (χ0v) is 14.4. The number of nitrogens with zero attached hydrogens (tertiary/aromatic N) is 2. The lowest BCUT2D eigenvalue weighted by Crippen LogP contribution is -2.10. The van der Waals surface area contributed by atoms with E-state index in [1.807, 2.05) is 44.2 Å². The number of anilines is 1. The van der Waals surface area contributed by atoms with Crippen molar-refractivity contribution in [2.24, 2.45) is 0 Å². The monoisotopic (exact) mass is 352 g/mol. The molecule has 26 heavy (non-hydrogen) atoms. The zero-order chi connectivity index (χ0) is 18.3. The second kappa shape index (κ2) is 6.37. The van der Waals surface area contributed by atoms with Crippen molar-refractivity contribution in [3.05, 3.63) is 65.6 Å². The first-order valence-electron chi connectivity index (χ1n) is 8.42. The molecule has 2 N–H and O–H groups in total. The van der Waals surface area contributed by atoms with Gasteiger partial charge in [0.25, 0.3) is 6.43 Å². The highest BCUT2D eigenvalue weighted by Crippen LogP contribution is 2.32. The summed E-state index contributed by atoms with van der Waals surface area (Å²) in [5.74, 6) is 1.36. The summed E-state index contributed by atoms with van der Waals surface area (Å²) in [6.07, 6.45) is -0.845. The molecule has 0 radical (unpaired) electrons. The normalized spacial score (nSPS) is 12.8. The molecule has 0 amide bonds. The van der Waals surface area contributed by atoms with Crippen molar-refractivity contribution >= 4 is 27.6 Å². The maximum absolute atomic E-state index is 13.5. The van der Waals surface area contributed by atoms with Gasteiger partial charge in [0.15, 0.2) is 0 Å². The quantitative estimate of drug-likeness (QED) is 0.508. The molecule has 0 fully saturated rings. The molecule has 4 rings (SSSR count). The molecule has 132 valence electrons. The molecular formula is C20H18F2N4. The number of aryl methyl sites for hydroxylation is 1. The Morgan fingerprint density at radius 3 is 2.65 bits per heavy atom. The molecule has 0 aliphatic heterocycles. The number of hydrogen-bond donors (Lipinski definition) is 2. The predicted molar refractivity (Wildman–Crippen MR) is 99.6 cm³/mol. The Labute approximate surface area is 149 Å². The van der Waals surface area contributed by atoms with Crippen LogP contribution in [0, 0.1) is 6.92 Å². The van der Waals surface area contributed by atoms with E-state index >= 15 is 0 Å². The largest absolute Gasteiger partial charge is 0.363 e. The molecule has 4 aromatic rings. The van der Waals surface area contributed by atoms with E-state index in [1.54, 1.807) is 18.3 Å². The number of alkyl halides is 2. The Balaban J connectivity index is 1.75. The number of aromatic amines is 1. The van der Waals surface area contributed by atoms with Gasteiger partial charge in [-0.2, -0.15) is 0 Å². The minimum absolute atomic E-state index is 0.0381. The second-order valence-electron chi connectivity index (χ2n) is 6.35. The summed E-state index contributed by atoms with van der Waals surface area (Å²) < 4.78 is 26.9. The van der Waals surface area contributed by atoms with E-state index in [2.05, 4.69) is 20.3 Å². The van der Waals surface area contributed by atoms with Crippen molar-refractivity contribution in [1.82, 2.24) is 15.0 Å². The third-order valence-electron chi connectivity index (χ3n) is 4.53.